The van der Waals surface area contributed by atoms with E-state index < -0.39 is 11.9 Å². The first-order chi connectivity index (χ1) is 5.63. The average Bonchev–Trinajstić information content (AvgIpc) is 2.04. The molecule has 0 aromatic carbocycles. The van der Waals surface area contributed by atoms with Crippen molar-refractivity contribution in [3.63, 3.8) is 0 Å². The highest BCUT2D eigenvalue weighted by Gasteiger charge is 2.21. The first kappa shape index (κ1) is 8.77. The molecule has 0 fully saturated rings. The standard InChI is InChI=1S/C8H11NO3/c9-7(10)5-3-1-2-4-6(5)8(11)12/h1-4H2,(H2,9,10)(H,11,12). The van der Waals surface area contributed by atoms with Gasteiger partial charge in [0, 0.05) is 11.1 Å². The zero-order valence-corrected chi connectivity index (χ0v) is 6.67. The molecular weight excluding hydrogens is 158 g/mol. The van der Waals surface area contributed by atoms with Gasteiger partial charge in [0.25, 0.3) is 0 Å². The number of rotatable bonds is 2. The van der Waals surface area contributed by atoms with Crippen LogP contribution in [0.5, 0.6) is 0 Å². The predicted molar refractivity (Wildman–Crippen MR) is 42.3 cm³/mol. The number of hydrogen-bond acceptors (Lipinski definition) is 2. The second kappa shape index (κ2) is 3.38. The molecule has 0 saturated carbocycles. The van der Waals surface area contributed by atoms with Crippen molar-refractivity contribution in [2.75, 3.05) is 0 Å². The highest BCUT2D eigenvalue weighted by Crippen LogP contribution is 2.24. The van der Waals surface area contributed by atoms with E-state index >= 15 is 0 Å². The molecular formula is C8H11NO3. The summed E-state index contributed by atoms with van der Waals surface area (Å²) in [7, 11) is 0. The van der Waals surface area contributed by atoms with Gasteiger partial charge in [0.15, 0.2) is 0 Å². The average molecular weight is 169 g/mol. The molecule has 0 aromatic rings. The van der Waals surface area contributed by atoms with Gasteiger partial charge in [-0.3, -0.25) is 4.79 Å². The molecule has 0 heterocycles. The fraction of sp³-hybridized carbons (Fsp3) is 0.500. The van der Waals surface area contributed by atoms with Crippen LogP contribution in [0.25, 0.3) is 0 Å². The maximum absolute atomic E-state index is 10.8. The largest absolute Gasteiger partial charge is 0.478 e. The summed E-state index contributed by atoms with van der Waals surface area (Å²) in [6.45, 7) is 0. The summed E-state index contributed by atoms with van der Waals surface area (Å²) in [6, 6.07) is 0. The molecule has 3 N–H and O–H groups in total. The van der Waals surface area contributed by atoms with Crippen molar-refractivity contribution in [1.29, 1.82) is 0 Å². The zero-order chi connectivity index (χ0) is 9.14. The number of carbonyl (C=O) groups excluding carboxylic acids is 1. The Labute approximate surface area is 70.1 Å². The quantitative estimate of drug-likeness (QED) is 0.628. The lowest BCUT2D eigenvalue weighted by molar-refractivity contribution is -0.133. The van der Waals surface area contributed by atoms with E-state index in [9.17, 15) is 9.59 Å². The summed E-state index contributed by atoms with van der Waals surface area (Å²) in [5, 5.41) is 8.69. The van der Waals surface area contributed by atoms with Crippen LogP contribution in [0.15, 0.2) is 11.1 Å². The van der Waals surface area contributed by atoms with Gasteiger partial charge in [0.1, 0.15) is 0 Å². The minimum absolute atomic E-state index is 0.203. The van der Waals surface area contributed by atoms with Gasteiger partial charge in [-0.1, -0.05) is 0 Å². The summed E-state index contributed by atoms with van der Waals surface area (Å²) in [5.74, 6) is -1.60. The van der Waals surface area contributed by atoms with Crippen molar-refractivity contribution >= 4 is 11.9 Å². The first-order valence-electron chi connectivity index (χ1n) is 3.88. The van der Waals surface area contributed by atoms with Crippen molar-refractivity contribution < 1.29 is 14.7 Å². The van der Waals surface area contributed by atoms with E-state index in [2.05, 4.69) is 0 Å². The maximum Gasteiger partial charge on any atom is 0.332 e. The zero-order valence-electron chi connectivity index (χ0n) is 6.67. The molecule has 1 aliphatic carbocycles. The number of aliphatic carboxylic acids is 1. The number of carboxylic acids is 1. The van der Waals surface area contributed by atoms with E-state index in [0.717, 1.165) is 12.8 Å². The van der Waals surface area contributed by atoms with E-state index in [4.69, 9.17) is 10.8 Å². The van der Waals surface area contributed by atoms with Gasteiger partial charge in [-0.25, -0.2) is 4.79 Å². The topological polar surface area (TPSA) is 80.4 Å². The fourth-order valence-electron chi connectivity index (χ4n) is 1.41. The third-order valence-electron chi connectivity index (χ3n) is 2.02. The predicted octanol–water partition coefficient (Wildman–Crippen LogP) is 0.427. The highest BCUT2D eigenvalue weighted by atomic mass is 16.4. The van der Waals surface area contributed by atoms with Crippen LogP contribution in [0.1, 0.15) is 25.7 Å². The third-order valence-corrected chi connectivity index (χ3v) is 2.02. The van der Waals surface area contributed by atoms with Crippen LogP contribution in [0.2, 0.25) is 0 Å². The summed E-state index contributed by atoms with van der Waals surface area (Å²) >= 11 is 0. The van der Waals surface area contributed by atoms with Crippen molar-refractivity contribution in [3.8, 4) is 0 Å². The SMILES string of the molecule is NC(=O)C1=C(C(=O)O)CCCC1. The van der Waals surface area contributed by atoms with Gasteiger partial charge < -0.3 is 10.8 Å². The van der Waals surface area contributed by atoms with Gasteiger partial charge in [-0.05, 0) is 25.7 Å². The molecule has 4 heteroatoms. The Morgan fingerprint density at radius 3 is 2.00 bits per heavy atom. The fourth-order valence-corrected chi connectivity index (χ4v) is 1.41. The normalized spacial score (nSPS) is 17.7. The third kappa shape index (κ3) is 1.64. The van der Waals surface area contributed by atoms with Gasteiger partial charge in [-0.15, -0.1) is 0 Å². The number of nitrogens with two attached hydrogens (primary N) is 1. The lowest BCUT2D eigenvalue weighted by Gasteiger charge is -2.14. The number of carbonyl (C=O) groups is 2. The van der Waals surface area contributed by atoms with Crippen molar-refractivity contribution in [1.82, 2.24) is 0 Å². The van der Waals surface area contributed by atoms with E-state index in [1.807, 2.05) is 0 Å². The van der Waals surface area contributed by atoms with Gasteiger partial charge >= 0.3 is 5.97 Å². The van der Waals surface area contributed by atoms with Gasteiger partial charge in [0.05, 0.1) is 0 Å². The van der Waals surface area contributed by atoms with Gasteiger partial charge in [-0.2, -0.15) is 0 Å². The molecule has 0 aromatic heterocycles. The minimum atomic E-state index is -1.01. The van der Waals surface area contributed by atoms with Crippen molar-refractivity contribution in [3.05, 3.63) is 11.1 Å². The number of carboxylic acid groups (broad SMARTS) is 1. The monoisotopic (exact) mass is 169 g/mol. The van der Waals surface area contributed by atoms with Crippen molar-refractivity contribution in [2.45, 2.75) is 25.7 Å². The smallest absolute Gasteiger partial charge is 0.332 e. The molecule has 1 amide bonds. The molecule has 0 spiro atoms. The maximum atomic E-state index is 10.8. The van der Waals surface area contributed by atoms with Crippen LogP contribution < -0.4 is 5.73 Å². The number of hydrogen-bond donors (Lipinski definition) is 2. The molecule has 0 unspecified atom stereocenters. The highest BCUT2D eigenvalue weighted by molar-refractivity contribution is 6.01. The van der Waals surface area contributed by atoms with Crippen LogP contribution >= 0.6 is 0 Å². The Bertz CT molecular complexity index is 229. The molecule has 0 radical (unpaired) electrons. The molecule has 66 valence electrons. The van der Waals surface area contributed by atoms with Crippen LogP contribution in [0.4, 0.5) is 0 Å². The summed E-state index contributed by atoms with van der Waals surface area (Å²) in [5.41, 5.74) is 5.54. The lowest BCUT2D eigenvalue weighted by atomic mass is 9.91. The van der Waals surface area contributed by atoms with Crippen LogP contribution in [0.3, 0.4) is 0 Å². The molecule has 12 heavy (non-hydrogen) atoms. The number of primary amides is 1. The van der Waals surface area contributed by atoms with Gasteiger partial charge in [0.2, 0.25) is 5.91 Å². The Morgan fingerprint density at radius 1 is 1.17 bits per heavy atom. The van der Waals surface area contributed by atoms with E-state index in [0.29, 0.717) is 18.4 Å². The van der Waals surface area contributed by atoms with E-state index in [1.54, 1.807) is 0 Å². The van der Waals surface area contributed by atoms with Crippen LogP contribution in [0, 0.1) is 0 Å². The molecule has 0 aliphatic heterocycles. The van der Waals surface area contributed by atoms with Crippen LogP contribution in [-0.2, 0) is 9.59 Å². The Balaban J connectivity index is 2.99. The first-order valence-corrected chi connectivity index (χ1v) is 3.88. The Morgan fingerprint density at radius 2 is 1.67 bits per heavy atom. The molecule has 0 bridgehead atoms. The van der Waals surface area contributed by atoms with E-state index in [1.165, 1.54) is 0 Å². The summed E-state index contributed by atoms with van der Waals surface area (Å²) in [6.07, 6.45) is 2.66. The summed E-state index contributed by atoms with van der Waals surface area (Å²) < 4.78 is 0. The molecule has 1 rings (SSSR count). The molecule has 1 aliphatic rings. The second-order valence-electron chi connectivity index (χ2n) is 2.83. The minimum Gasteiger partial charge on any atom is -0.478 e. The molecule has 4 nitrogen and oxygen atoms in total. The van der Waals surface area contributed by atoms with Crippen molar-refractivity contribution in [2.24, 2.45) is 5.73 Å². The summed E-state index contributed by atoms with van der Waals surface area (Å²) in [4.78, 5) is 21.4. The molecule has 0 saturated heterocycles. The Hall–Kier alpha value is -1.32. The molecule has 0 atom stereocenters. The second-order valence-corrected chi connectivity index (χ2v) is 2.83. The Kier molecular flexibility index (Phi) is 2.47. The van der Waals surface area contributed by atoms with Crippen LogP contribution in [-0.4, -0.2) is 17.0 Å². The number of amides is 1. The lowest BCUT2D eigenvalue weighted by Crippen LogP contribution is -2.21. The van der Waals surface area contributed by atoms with E-state index in [-0.39, 0.29) is 5.57 Å².